The first-order chi connectivity index (χ1) is 32.4. The van der Waals surface area contributed by atoms with Gasteiger partial charge in [-0.3, -0.25) is 4.79 Å². The van der Waals surface area contributed by atoms with E-state index in [1.807, 2.05) is 0 Å². The molecule has 3 heteroatoms. The second-order valence-corrected chi connectivity index (χ2v) is 28.9. The minimum Gasteiger partial charge on any atom is -0.311 e. The standard InChI is InChI=1S/2C10H16.C8H14.C7H11NO.C7H13N.C7H10.2C7H12/c1-7-2-9-4-8(1)5-10(3-7)6-9;1-2-9-7-4-5-8(6-7)10(9)3-1;1-2-8-5-3-7(1)4-6-8;9-7-3-5-1-2-6(4-7)8-5;1-2-6-4-5-7(3-1)8-6;1-4-2-6-5(1)7(6)3-4;1-2-7-4-3-6(1)5-7;1-2-6-4-7(3-1)5-6/h2*7-10H,1-6H2;7-8H,1-6H2;5-6,8H,1-4H2;6-8H,1-5H2;4-7H,1-3H2;2*6-7H,1-5H2. The van der Waals surface area contributed by atoms with Gasteiger partial charge in [0.15, 0.2) is 0 Å². The molecule has 8 atom stereocenters. The van der Waals surface area contributed by atoms with Crippen LogP contribution in [0.1, 0.15) is 257 Å². The molecule has 4 saturated heterocycles. The number of hydrogen-bond donors (Lipinski definition) is 2. The van der Waals surface area contributed by atoms with Crippen molar-refractivity contribution in [3.8, 4) is 0 Å². The summed E-state index contributed by atoms with van der Waals surface area (Å²) in [7, 11) is 0. The highest BCUT2D eigenvalue weighted by Gasteiger charge is 2.62. The largest absolute Gasteiger partial charge is 0.311 e. The molecule has 2 N–H and O–H groups in total. The quantitative estimate of drug-likeness (QED) is 0.254. The van der Waals surface area contributed by atoms with E-state index >= 15 is 0 Å². The highest BCUT2D eigenvalue weighted by Crippen LogP contribution is 2.70. The average molecular weight is 906 g/mol. The van der Waals surface area contributed by atoms with Gasteiger partial charge in [0.2, 0.25) is 0 Å². The minimum atomic E-state index is 0.459. The molecule has 19 aliphatic carbocycles. The molecule has 0 aromatic carbocycles. The third kappa shape index (κ3) is 11.4. The van der Waals surface area contributed by atoms with Crippen LogP contribution in [0.2, 0.25) is 0 Å². The summed E-state index contributed by atoms with van der Waals surface area (Å²) in [6.45, 7) is 0. The molecule has 23 rings (SSSR count). The van der Waals surface area contributed by atoms with Gasteiger partial charge in [0, 0.05) is 37.0 Å². The highest BCUT2D eigenvalue weighted by molar-refractivity contribution is 5.80. The maximum absolute atomic E-state index is 10.9. The highest BCUT2D eigenvalue weighted by atomic mass is 16.1. The SMILES string of the molecule is C1C2CC3C1C3C2.C1C2CC3CC1CC(C2)C3.C1CC2C3CCC(C3)C2C1.C1CC2CC(C1)C2.C1CC2CCC(C1)N2.C1CC2CCC1C2.C1CC2CCC1CC2.O=C1CC2CCC(C1)N2. The summed E-state index contributed by atoms with van der Waals surface area (Å²) in [4.78, 5) is 10.9. The van der Waals surface area contributed by atoms with Crippen molar-refractivity contribution in [3.63, 3.8) is 0 Å². The van der Waals surface area contributed by atoms with Gasteiger partial charge in [0.05, 0.1) is 0 Å². The van der Waals surface area contributed by atoms with Gasteiger partial charge < -0.3 is 10.6 Å². The molecule has 0 radical (unpaired) electrons. The zero-order chi connectivity index (χ0) is 44.0. The van der Waals surface area contributed by atoms with E-state index in [1.54, 1.807) is 193 Å². The lowest BCUT2D eigenvalue weighted by molar-refractivity contribution is -0.120. The van der Waals surface area contributed by atoms with Crippen LogP contribution < -0.4 is 10.6 Å². The molecule has 0 spiro atoms. The van der Waals surface area contributed by atoms with Crippen LogP contribution in [0.4, 0.5) is 0 Å². The number of Topliss-reactive ketones (excluding diaryl/α,β-unsaturated/α-hetero) is 1. The summed E-state index contributed by atoms with van der Waals surface area (Å²) >= 11 is 0. The molecular formula is C63H104N2O. The minimum absolute atomic E-state index is 0.459. The van der Waals surface area contributed by atoms with Gasteiger partial charge in [-0.25, -0.2) is 0 Å². The summed E-state index contributed by atoms with van der Waals surface area (Å²) in [5, 5.41) is 6.99. The first-order valence-electron chi connectivity index (χ1n) is 31.5. The molecule has 4 heterocycles. The molecular weight excluding hydrogens is 801 g/mol. The van der Waals surface area contributed by atoms with E-state index in [4.69, 9.17) is 0 Å². The van der Waals surface area contributed by atoms with Crippen LogP contribution >= 0.6 is 0 Å². The molecule has 23 aliphatic rings. The average Bonchev–Trinajstić information content (AvgIpc) is 4.20. The number of carbonyl (C=O) groups is 1. The maximum Gasteiger partial charge on any atom is 0.136 e. The van der Waals surface area contributed by atoms with Gasteiger partial charge in [-0.15, -0.1) is 0 Å². The van der Waals surface area contributed by atoms with E-state index in [-0.39, 0.29) is 0 Å². The van der Waals surface area contributed by atoms with E-state index in [0.29, 0.717) is 17.9 Å². The Balaban J connectivity index is 0.0000000793. The molecule has 3 nitrogen and oxygen atoms in total. The summed E-state index contributed by atoms with van der Waals surface area (Å²) < 4.78 is 0. The lowest BCUT2D eigenvalue weighted by Gasteiger charge is -2.49. The van der Waals surface area contributed by atoms with Crippen molar-refractivity contribution in [2.24, 2.45) is 107 Å². The first kappa shape index (κ1) is 46.6. The number of carbonyl (C=O) groups excluding carboxylic acids is 1. The summed E-state index contributed by atoms with van der Waals surface area (Å²) in [6.07, 6.45) is 60.3. The summed E-state index contributed by atoms with van der Waals surface area (Å²) in [5.41, 5.74) is 0. The van der Waals surface area contributed by atoms with Gasteiger partial charge in [0.1, 0.15) is 5.78 Å². The van der Waals surface area contributed by atoms with Crippen LogP contribution in [-0.2, 0) is 4.79 Å². The van der Waals surface area contributed by atoms with Crippen LogP contribution in [0, 0.1) is 107 Å². The Morgan fingerprint density at radius 1 is 0.242 bits per heavy atom. The maximum atomic E-state index is 10.9. The molecule has 23 fully saturated rings. The molecule has 66 heavy (non-hydrogen) atoms. The number of fused-ring (bicyclic) bond motifs is 16. The number of rotatable bonds is 0. The Bertz CT molecular complexity index is 1360. The van der Waals surface area contributed by atoms with Gasteiger partial charge in [0.25, 0.3) is 0 Å². The van der Waals surface area contributed by atoms with E-state index < -0.39 is 0 Å². The lowest BCUT2D eigenvalue weighted by Crippen LogP contribution is -2.38. The van der Waals surface area contributed by atoms with Crippen LogP contribution in [0.15, 0.2) is 0 Å². The second kappa shape index (κ2) is 21.4. The lowest BCUT2D eigenvalue weighted by atomic mass is 9.56. The molecule has 20 bridgehead atoms. The van der Waals surface area contributed by atoms with E-state index in [1.165, 1.54) is 146 Å². The number of hydrogen-bond acceptors (Lipinski definition) is 3. The van der Waals surface area contributed by atoms with E-state index in [2.05, 4.69) is 10.6 Å². The molecule has 8 unspecified atom stereocenters. The van der Waals surface area contributed by atoms with E-state index in [0.717, 1.165) is 36.8 Å². The zero-order valence-electron chi connectivity index (χ0n) is 42.9. The molecule has 4 aliphatic heterocycles. The third-order valence-corrected chi connectivity index (χ3v) is 24.5. The monoisotopic (exact) mass is 905 g/mol. The van der Waals surface area contributed by atoms with Crippen LogP contribution in [0.25, 0.3) is 0 Å². The molecule has 0 aromatic rings. The molecule has 372 valence electrons. The van der Waals surface area contributed by atoms with Crippen LogP contribution in [0.5, 0.6) is 0 Å². The fraction of sp³-hybridized carbons (Fsp3) is 0.984. The zero-order valence-corrected chi connectivity index (χ0v) is 42.9. The van der Waals surface area contributed by atoms with Crippen LogP contribution in [-0.4, -0.2) is 30.0 Å². The number of piperidine rings is 2. The van der Waals surface area contributed by atoms with Crippen molar-refractivity contribution in [3.05, 3.63) is 0 Å². The van der Waals surface area contributed by atoms with Crippen molar-refractivity contribution in [1.82, 2.24) is 10.6 Å². The predicted octanol–water partition coefficient (Wildman–Crippen LogP) is 16.1. The van der Waals surface area contributed by atoms with Gasteiger partial charge >= 0.3 is 0 Å². The van der Waals surface area contributed by atoms with E-state index in [9.17, 15) is 4.79 Å². The normalized spacial score (nSPS) is 51.8. The fourth-order valence-electron chi connectivity index (χ4n) is 21.3. The molecule has 0 amide bonds. The molecule has 0 aromatic heterocycles. The van der Waals surface area contributed by atoms with Crippen molar-refractivity contribution in [1.29, 1.82) is 0 Å². The van der Waals surface area contributed by atoms with Gasteiger partial charge in [-0.05, 0) is 254 Å². The van der Waals surface area contributed by atoms with Crippen molar-refractivity contribution in [2.45, 2.75) is 281 Å². The number of ketones is 1. The Kier molecular flexibility index (Phi) is 15.1. The topological polar surface area (TPSA) is 41.1 Å². The Morgan fingerprint density at radius 2 is 0.576 bits per heavy atom. The van der Waals surface area contributed by atoms with Crippen molar-refractivity contribution in [2.75, 3.05) is 0 Å². The predicted molar refractivity (Wildman–Crippen MR) is 274 cm³/mol. The van der Waals surface area contributed by atoms with Gasteiger partial charge in [-0.1, -0.05) is 96.3 Å². The van der Waals surface area contributed by atoms with Gasteiger partial charge in [-0.2, -0.15) is 0 Å². The second-order valence-electron chi connectivity index (χ2n) is 28.9. The number of nitrogens with one attached hydrogen (secondary N) is 2. The third-order valence-electron chi connectivity index (χ3n) is 24.5. The summed E-state index contributed by atoms with van der Waals surface area (Å²) in [5.74, 6) is 21.9. The Labute approximate surface area is 407 Å². The first-order valence-corrected chi connectivity index (χ1v) is 31.5. The van der Waals surface area contributed by atoms with Crippen molar-refractivity contribution < 1.29 is 4.79 Å². The van der Waals surface area contributed by atoms with Crippen molar-refractivity contribution >= 4 is 5.78 Å². The van der Waals surface area contributed by atoms with Crippen LogP contribution in [0.3, 0.4) is 0 Å². The smallest absolute Gasteiger partial charge is 0.136 e. The Hall–Kier alpha value is -0.410. The Morgan fingerprint density at radius 3 is 0.894 bits per heavy atom. The molecule has 19 saturated carbocycles. The fourth-order valence-corrected chi connectivity index (χ4v) is 21.3. The summed E-state index contributed by atoms with van der Waals surface area (Å²) in [6, 6.07) is 2.90.